The van der Waals surface area contributed by atoms with E-state index in [4.69, 9.17) is 0 Å². The van der Waals surface area contributed by atoms with E-state index in [0.29, 0.717) is 35.3 Å². The molecule has 0 spiro atoms. The van der Waals surface area contributed by atoms with Gasteiger partial charge in [-0.25, -0.2) is 13.4 Å². The van der Waals surface area contributed by atoms with Crippen LogP contribution in [0, 0.1) is 0 Å². The lowest BCUT2D eigenvalue weighted by Crippen LogP contribution is -2.50. The summed E-state index contributed by atoms with van der Waals surface area (Å²) in [5.74, 6) is 1.05. The smallest absolute Gasteiger partial charge is 0.257 e. The number of anilines is 1. The summed E-state index contributed by atoms with van der Waals surface area (Å²) in [5.41, 5.74) is 1.78. The molecule has 2 aromatic rings. The zero-order valence-corrected chi connectivity index (χ0v) is 19.7. The molecule has 0 atom stereocenters. The van der Waals surface area contributed by atoms with Crippen LogP contribution in [0.25, 0.3) is 0 Å². The van der Waals surface area contributed by atoms with Gasteiger partial charge in [0.25, 0.3) is 5.91 Å². The first-order chi connectivity index (χ1) is 15.4. The van der Waals surface area contributed by atoms with E-state index < -0.39 is 10.0 Å². The van der Waals surface area contributed by atoms with Crippen molar-refractivity contribution in [2.24, 2.45) is 0 Å². The molecule has 4 rings (SSSR count). The van der Waals surface area contributed by atoms with Crippen LogP contribution in [0.15, 0.2) is 47.5 Å². The second kappa shape index (κ2) is 9.58. The first-order valence-corrected chi connectivity index (χ1v) is 12.8. The molecule has 1 saturated carbocycles. The quantitative estimate of drug-likeness (QED) is 0.690. The Morgan fingerprint density at radius 3 is 2.25 bits per heavy atom. The molecule has 0 unspecified atom stereocenters. The Kier molecular flexibility index (Phi) is 6.81. The summed E-state index contributed by atoms with van der Waals surface area (Å²) < 4.78 is 27.8. The fourth-order valence-corrected chi connectivity index (χ4v) is 6.14. The highest BCUT2D eigenvalue weighted by Gasteiger charge is 2.31. The predicted octanol–water partition coefficient (Wildman–Crippen LogP) is 3.34. The van der Waals surface area contributed by atoms with Crippen molar-refractivity contribution in [1.29, 1.82) is 0 Å². The van der Waals surface area contributed by atoms with Crippen molar-refractivity contribution in [2.75, 3.05) is 45.2 Å². The van der Waals surface area contributed by atoms with Crippen molar-refractivity contribution in [2.45, 2.75) is 42.9 Å². The van der Waals surface area contributed by atoms with Crippen LogP contribution in [-0.2, 0) is 10.0 Å². The van der Waals surface area contributed by atoms with Gasteiger partial charge >= 0.3 is 0 Å². The fourth-order valence-electron chi connectivity index (χ4n) is 4.72. The van der Waals surface area contributed by atoms with E-state index >= 15 is 0 Å². The maximum atomic E-state index is 13.2. The maximum Gasteiger partial charge on any atom is 0.257 e. The van der Waals surface area contributed by atoms with Gasteiger partial charge < -0.3 is 9.80 Å². The Bertz CT molecular complexity index is 1040. The third-order valence-electron chi connectivity index (χ3n) is 6.56. The number of hydrogen-bond donors (Lipinski definition) is 0. The van der Waals surface area contributed by atoms with Crippen molar-refractivity contribution in [1.82, 2.24) is 14.2 Å². The van der Waals surface area contributed by atoms with Crippen LogP contribution in [-0.4, -0.2) is 68.8 Å². The van der Waals surface area contributed by atoms with E-state index in [1.54, 1.807) is 35.4 Å². The molecule has 2 fully saturated rings. The van der Waals surface area contributed by atoms with Crippen LogP contribution >= 0.6 is 0 Å². The first kappa shape index (κ1) is 22.7. The maximum absolute atomic E-state index is 13.2. The lowest BCUT2D eigenvalue weighted by Gasteiger charge is -2.34. The summed E-state index contributed by atoms with van der Waals surface area (Å²) in [6.07, 6.45) is 7.85. The summed E-state index contributed by atoms with van der Waals surface area (Å²) in [4.78, 5) is 21.2. The molecule has 1 saturated heterocycles. The second-order valence-electron chi connectivity index (χ2n) is 8.87. The highest BCUT2D eigenvalue weighted by Crippen LogP contribution is 2.33. The van der Waals surface area contributed by atoms with Crippen molar-refractivity contribution in [3.63, 3.8) is 0 Å². The number of amides is 1. The molecular weight excluding hydrogens is 424 g/mol. The SMILES string of the molecule is CN(C)c1ncccc1C(=O)N1CCN(S(=O)(=O)c2ccc(C3CCCCC3)cc2)CC1. The number of carbonyl (C=O) groups excluding carboxylic acids is 1. The first-order valence-electron chi connectivity index (χ1n) is 11.4. The van der Waals surface area contributed by atoms with Crippen molar-refractivity contribution >= 4 is 21.7 Å². The van der Waals surface area contributed by atoms with Gasteiger partial charge in [0.1, 0.15) is 5.82 Å². The molecule has 2 aliphatic rings. The van der Waals surface area contributed by atoms with Crippen LogP contribution in [0.3, 0.4) is 0 Å². The molecule has 8 heteroatoms. The number of pyridine rings is 1. The highest BCUT2D eigenvalue weighted by molar-refractivity contribution is 7.89. The topological polar surface area (TPSA) is 73.8 Å². The molecule has 2 heterocycles. The Labute approximate surface area is 191 Å². The van der Waals surface area contributed by atoms with E-state index in [0.717, 1.165) is 0 Å². The van der Waals surface area contributed by atoms with E-state index in [1.807, 2.05) is 31.1 Å². The summed E-state index contributed by atoms with van der Waals surface area (Å²) in [6.45, 7) is 1.30. The van der Waals surface area contributed by atoms with E-state index in [1.165, 1.54) is 42.0 Å². The number of rotatable bonds is 5. The third-order valence-corrected chi connectivity index (χ3v) is 8.47. The molecule has 1 aromatic carbocycles. The molecule has 0 N–H and O–H groups in total. The van der Waals surface area contributed by atoms with Gasteiger partial charge in [-0.3, -0.25) is 4.79 Å². The minimum atomic E-state index is -3.57. The van der Waals surface area contributed by atoms with Gasteiger partial charge in [0.2, 0.25) is 10.0 Å². The van der Waals surface area contributed by atoms with Gasteiger partial charge in [0.05, 0.1) is 10.5 Å². The molecule has 1 aromatic heterocycles. The lowest BCUT2D eigenvalue weighted by molar-refractivity contribution is 0.0698. The summed E-state index contributed by atoms with van der Waals surface area (Å²) in [5, 5.41) is 0. The molecule has 0 radical (unpaired) electrons. The summed E-state index contributed by atoms with van der Waals surface area (Å²) >= 11 is 0. The van der Waals surface area contributed by atoms with E-state index in [-0.39, 0.29) is 19.0 Å². The van der Waals surface area contributed by atoms with E-state index in [9.17, 15) is 13.2 Å². The average molecular weight is 457 g/mol. The van der Waals surface area contributed by atoms with Gasteiger partial charge in [-0.15, -0.1) is 0 Å². The van der Waals surface area contributed by atoms with Crippen molar-refractivity contribution in [3.8, 4) is 0 Å². The molecule has 1 aliphatic heterocycles. The van der Waals surface area contributed by atoms with Crippen molar-refractivity contribution < 1.29 is 13.2 Å². The van der Waals surface area contributed by atoms with Crippen LogP contribution in [0.2, 0.25) is 0 Å². The highest BCUT2D eigenvalue weighted by atomic mass is 32.2. The van der Waals surface area contributed by atoms with Crippen LogP contribution < -0.4 is 4.90 Å². The van der Waals surface area contributed by atoms with Crippen LogP contribution in [0.1, 0.15) is 53.9 Å². The fraction of sp³-hybridized carbons (Fsp3) is 0.500. The minimum absolute atomic E-state index is 0.115. The summed E-state index contributed by atoms with van der Waals surface area (Å²) in [6, 6.07) is 11.0. The van der Waals surface area contributed by atoms with Gasteiger partial charge in [-0.05, 0) is 48.6 Å². The second-order valence-corrected chi connectivity index (χ2v) is 10.8. The zero-order chi connectivity index (χ0) is 22.7. The Balaban J connectivity index is 1.42. The third kappa shape index (κ3) is 4.66. The molecule has 1 aliphatic carbocycles. The monoisotopic (exact) mass is 456 g/mol. The molecule has 1 amide bonds. The largest absolute Gasteiger partial charge is 0.362 e. The number of carbonyl (C=O) groups is 1. The standard InChI is InChI=1S/C24H32N4O3S/c1-26(2)23-22(9-6-14-25-23)24(29)27-15-17-28(18-16-27)32(30,31)21-12-10-20(11-13-21)19-7-4-3-5-8-19/h6,9-14,19H,3-5,7-8,15-18H2,1-2H3. The number of sulfonamides is 1. The van der Waals surface area contributed by atoms with E-state index in [2.05, 4.69) is 4.98 Å². The van der Waals surface area contributed by atoms with Crippen LogP contribution in [0.4, 0.5) is 5.82 Å². The number of aromatic nitrogens is 1. The van der Waals surface area contributed by atoms with Gasteiger partial charge in [-0.1, -0.05) is 31.4 Å². The Morgan fingerprint density at radius 2 is 1.62 bits per heavy atom. The van der Waals surface area contributed by atoms with Gasteiger partial charge in [0.15, 0.2) is 0 Å². The number of hydrogen-bond acceptors (Lipinski definition) is 5. The predicted molar refractivity (Wildman–Crippen MR) is 125 cm³/mol. The van der Waals surface area contributed by atoms with Crippen LogP contribution in [0.5, 0.6) is 0 Å². The number of piperazine rings is 1. The molecule has 32 heavy (non-hydrogen) atoms. The lowest BCUT2D eigenvalue weighted by atomic mass is 9.84. The minimum Gasteiger partial charge on any atom is -0.362 e. The average Bonchev–Trinajstić information content (AvgIpc) is 2.84. The Morgan fingerprint density at radius 1 is 0.969 bits per heavy atom. The normalized spacial score (nSPS) is 18.5. The van der Waals surface area contributed by atoms with Crippen molar-refractivity contribution in [3.05, 3.63) is 53.7 Å². The number of nitrogens with zero attached hydrogens (tertiary/aromatic N) is 4. The zero-order valence-electron chi connectivity index (χ0n) is 18.9. The Hall–Kier alpha value is -2.45. The van der Waals surface area contributed by atoms with Gasteiger partial charge in [-0.2, -0.15) is 4.31 Å². The molecular formula is C24H32N4O3S. The molecule has 172 valence electrons. The van der Waals surface area contributed by atoms with Gasteiger partial charge in [0, 0.05) is 46.5 Å². The summed E-state index contributed by atoms with van der Waals surface area (Å²) in [7, 11) is 0.131. The number of benzene rings is 1. The molecule has 7 nitrogen and oxygen atoms in total. The molecule has 0 bridgehead atoms.